The summed E-state index contributed by atoms with van der Waals surface area (Å²) in [4.78, 5) is 10.9. The second-order valence-electron chi connectivity index (χ2n) is 4.53. The third kappa shape index (κ3) is 9.77. The van der Waals surface area contributed by atoms with Crippen molar-refractivity contribution in [3.63, 3.8) is 0 Å². The molecule has 0 rings (SSSR count). The van der Waals surface area contributed by atoms with E-state index in [9.17, 15) is 4.79 Å². The van der Waals surface area contributed by atoms with Crippen molar-refractivity contribution in [2.75, 3.05) is 0 Å². The van der Waals surface area contributed by atoms with Crippen LogP contribution in [0.25, 0.3) is 0 Å². The Balaban J connectivity index is 3.64. The van der Waals surface area contributed by atoms with Crippen molar-refractivity contribution in [1.29, 1.82) is 0 Å². The molecule has 0 spiro atoms. The van der Waals surface area contributed by atoms with Crippen molar-refractivity contribution >= 4 is 5.91 Å². The number of hydrogen-bond donors (Lipinski definition) is 1. The Bertz CT molecular complexity index is 157. The Morgan fingerprint density at radius 3 is 2.13 bits per heavy atom. The van der Waals surface area contributed by atoms with Crippen LogP contribution in [-0.2, 0) is 4.79 Å². The second kappa shape index (κ2) is 10.0. The average Bonchev–Trinajstić information content (AvgIpc) is 2.19. The van der Waals surface area contributed by atoms with E-state index in [-0.39, 0.29) is 5.91 Å². The molecular formula is C13H27NO. The number of primary amides is 1. The minimum atomic E-state index is -0.133. The molecule has 0 bridgehead atoms. The van der Waals surface area contributed by atoms with Gasteiger partial charge < -0.3 is 5.73 Å². The third-order valence-electron chi connectivity index (χ3n) is 2.92. The summed E-state index contributed by atoms with van der Waals surface area (Å²) in [5, 5.41) is 0. The number of rotatable bonds is 10. The Morgan fingerprint density at radius 2 is 1.60 bits per heavy atom. The van der Waals surface area contributed by atoms with Gasteiger partial charge in [0.25, 0.3) is 0 Å². The van der Waals surface area contributed by atoms with E-state index in [2.05, 4.69) is 13.8 Å². The molecule has 1 atom stereocenters. The molecule has 0 saturated heterocycles. The van der Waals surface area contributed by atoms with E-state index in [0.29, 0.717) is 12.3 Å². The molecule has 2 nitrogen and oxygen atoms in total. The fourth-order valence-corrected chi connectivity index (χ4v) is 1.99. The van der Waals surface area contributed by atoms with Crippen LogP contribution >= 0.6 is 0 Å². The van der Waals surface area contributed by atoms with Crippen LogP contribution in [0.15, 0.2) is 0 Å². The van der Waals surface area contributed by atoms with Crippen LogP contribution in [-0.4, -0.2) is 5.91 Å². The highest BCUT2D eigenvalue weighted by atomic mass is 16.1. The quantitative estimate of drug-likeness (QED) is 0.553. The van der Waals surface area contributed by atoms with Gasteiger partial charge in [0.1, 0.15) is 0 Å². The van der Waals surface area contributed by atoms with E-state index >= 15 is 0 Å². The van der Waals surface area contributed by atoms with Gasteiger partial charge in [0, 0.05) is 6.42 Å². The average molecular weight is 213 g/mol. The van der Waals surface area contributed by atoms with Crippen LogP contribution < -0.4 is 5.73 Å². The highest BCUT2D eigenvalue weighted by molar-refractivity contribution is 5.73. The van der Waals surface area contributed by atoms with E-state index in [4.69, 9.17) is 5.73 Å². The first-order chi connectivity index (χ1) is 7.20. The standard InChI is InChI=1S/C13H27NO/c1-3-5-7-8-10-12(9-6-4-2)11-13(14)15/h12H,3-11H2,1-2H3,(H2,14,15)/t12-/m0/s1. The Morgan fingerprint density at radius 1 is 1.00 bits per heavy atom. The number of hydrogen-bond acceptors (Lipinski definition) is 1. The summed E-state index contributed by atoms with van der Waals surface area (Å²) in [6.45, 7) is 4.41. The number of carbonyl (C=O) groups is 1. The van der Waals surface area contributed by atoms with E-state index < -0.39 is 0 Å². The van der Waals surface area contributed by atoms with Crippen molar-refractivity contribution in [1.82, 2.24) is 0 Å². The van der Waals surface area contributed by atoms with Crippen molar-refractivity contribution in [2.45, 2.75) is 71.6 Å². The van der Waals surface area contributed by atoms with Gasteiger partial charge in [-0.1, -0.05) is 52.4 Å². The highest BCUT2D eigenvalue weighted by Crippen LogP contribution is 2.20. The predicted molar refractivity (Wildman–Crippen MR) is 65.6 cm³/mol. The first-order valence-corrected chi connectivity index (χ1v) is 6.49. The van der Waals surface area contributed by atoms with Gasteiger partial charge in [0.05, 0.1) is 0 Å². The van der Waals surface area contributed by atoms with Gasteiger partial charge >= 0.3 is 0 Å². The lowest BCUT2D eigenvalue weighted by Crippen LogP contribution is -2.16. The Hall–Kier alpha value is -0.530. The molecule has 0 aliphatic heterocycles. The normalized spacial score (nSPS) is 12.7. The molecule has 0 aromatic carbocycles. The molecule has 0 aromatic heterocycles. The maximum Gasteiger partial charge on any atom is 0.217 e. The van der Waals surface area contributed by atoms with Crippen LogP contribution in [0.4, 0.5) is 0 Å². The van der Waals surface area contributed by atoms with Gasteiger partial charge in [-0.2, -0.15) is 0 Å². The maximum atomic E-state index is 10.9. The van der Waals surface area contributed by atoms with Crippen molar-refractivity contribution in [3.05, 3.63) is 0 Å². The monoisotopic (exact) mass is 213 g/mol. The largest absolute Gasteiger partial charge is 0.370 e. The van der Waals surface area contributed by atoms with E-state index in [1.165, 1.54) is 51.4 Å². The summed E-state index contributed by atoms with van der Waals surface area (Å²) in [6, 6.07) is 0. The highest BCUT2D eigenvalue weighted by Gasteiger charge is 2.10. The van der Waals surface area contributed by atoms with Crippen molar-refractivity contribution in [2.24, 2.45) is 11.7 Å². The van der Waals surface area contributed by atoms with Gasteiger partial charge in [-0.25, -0.2) is 0 Å². The minimum Gasteiger partial charge on any atom is -0.370 e. The molecule has 0 fully saturated rings. The molecule has 0 saturated carbocycles. The van der Waals surface area contributed by atoms with Crippen molar-refractivity contribution in [3.8, 4) is 0 Å². The van der Waals surface area contributed by atoms with Crippen LogP contribution in [0.5, 0.6) is 0 Å². The molecule has 0 aliphatic carbocycles. The van der Waals surface area contributed by atoms with E-state index in [0.717, 1.165) is 0 Å². The maximum absolute atomic E-state index is 10.9. The number of nitrogens with two attached hydrogens (primary N) is 1. The molecule has 0 heterocycles. The lowest BCUT2D eigenvalue weighted by molar-refractivity contribution is -0.119. The lowest BCUT2D eigenvalue weighted by atomic mass is 9.92. The fraction of sp³-hybridized carbons (Fsp3) is 0.923. The molecule has 0 aliphatic rings. The van der Waals surface area contributed by atoms with E-state index in [1.54, 1.807) is 0 Å². The van der Waals surface area contributed by atoms with E-state index in [1.807, 2.05) is 0 Å². The Kier molecular flexibility index (Phi) is 9.65. The molecule has 0 radical (unpaired) electrons. The van der Waals surface area contributed by atoms with Crippen LogP contribution in [0.2, 0.25) is 0 Å². The molecule has 2 N–H and O–H groups in total. The summed E-state index contributed by atoms with van der Waals surface area (Å²) >= 11 is 0. The molecule has 90 valence electrons. The molecule has 1 amide bonds. The topological polar surface area (TPSA) is 43.1 Å². The minimum absolute atomic E-state index is 0.133. The zero-order valence-electron chi connectivity index (χ0n) is 10.4. The lowest BCUT2D eigenvalue weighted by Gasteiger charge is -2.14. The first-order valence-electron chi connectivity index (χ1n) is 6.49. The molecule has 15 heavy (non-hydrogen) atoms. The smallest absolute Gasteiger partial charge is 0.217 e. The van der Waals surface area contributed by atoms with Crippen LogP contribution in [0, 0.1) is 5.92 Å². The van der Waals surface area contributed by atoms with Crippen molar-refractivity contribution < 1.29 is 4.79 Å². The summed E-state index contributed by atoms with van der Waals surface area (Å²) in [5.74, 6) is 0.408. The zero-order chi connectivity index (χ0) is 11.5. The van der Waals surface area contributed by atoms with Crippen LogP contribution in [0.1, 0.15) is 71.6 Å². The molecule has 0 aromatic rings. The van der Waals surface area contributed by atoms with Gasteiger partial charge in [-0.05, 0) is 18.8 Å². The predicted octanol–water partition coefficient (Wildman–Crippen LogP) is 3.64. The summed E-state index contributed by atoms with van der Waals surface area (Å²) in [7, 11) is 0. The Labute approximate surface area is 94.6 Å². The molecule has 0 unspecified atom stereocenters. The zero-order valence-corrected chi connectivity index (χ0v) is 10.4. The summed E-state index contributed by atoms with van der Waals surface area (Å²) in [6.07, 6.45) is 10.5. The van der Waals surface area contributed by atoms with Gasteiger partial charge in [-0.3, -0.25) is 4.79 Å². The van der Waals surface area contributed by atoms with Gasteiger partial charge in [-0.15, -0.1) is 0 Å². The number of carbonyl (C=O) groups excluding carboxylic acids is 1. The molecular weight excluding hydrogens is 186 g/mol. The van der Waals surface area contributed by atoms with Gasteiger partial charge in [0.2, 0.25) is 5.91 Å². The molecule has 2 heteroatoms. The second-order valence-corrected chi connectivity index (χ2v) is 4.53. The number of amides is 1. The first kappa shape index (κ1) is 14.5. The number of unbranched alkanes of at least 4 members (excludes halogenated alkanes) is 4. The van der Waals surface area contributed by atoms with Crippen LogP contribution in [0.3, 0.4) is 0 Å². The summed E-state index contributed by atoms with van der Waals surface area (Å²) in [5.41, 5.74) is 5.26. The third-order valence-corrected chi connectivity index (χ3v) is 2.92. The fourth-order valence-electron chi connectivity index (χ4n) is 1.99. The summed E-state index contributed by atoms with van der Waals surface area (Å²) < 4.78 is 0. The SMILES string of the molecule is CCCCCC[C@H](CCCC)CC(N)=O. The van der Waals surface area contributed by atoms with Gasteiger partial charge in [0.15, 0.2) is 0 Å².